The maximum atomic E-state index is 12.4. The predicted octanol–water partition coefficient (Wildman–Crippen LogP) is 3.24. The molecule has 0 aliphatic heterocycles. The molecule has 3 aromatic rings. The van der Waals surface area contributed by atoms with Crippen molar-refractivity contribution in [3.05, 3.63) is 66.0 Å². The Kier molecular flexibility index (Phi) is 3.45. The molecule has 0 aliphatic carbocycles. The van der Waals surface area contributed by atoms with Crippen molar-refractivity contribution < 1.29 is 4.79 Å². The number of rotatable bonds is 3. The van der Waals surface area contributed by atoms with E-state index in [1.54, 1.807) is 12.1 Å². The third-order valence-corrected chi connectivity index (χ3v) is 3.81. The molecule has 112 valence electrons. The summed E-state index contributed by atoms with van der Waals surface area (Å²) in [6, 6.07) is 17.2. The molecule has 2 aromatic carbocycles. The zero-order valence-electron chi connectivity index (χ0n) is 13.0. The van der Waals surface area contributed by atoms with Crippen molar-refractivity contribution in [1.29, 1.82) is 0 Å². The molecule has 4 nitrogen and oxygen atoms in total. The van der Waals surface area contributed by atoms with Gasteiger partial charge in [0.15, 0.2) is 0 Å². The Morgan fingerprint density at radius 3 is 2.36 bits per heavy atom. The summed E-state index contributed by atoms with van der Waals surface area (Å²) in [5.74, 6) is 0.732. The molecule has 0 atom stereocenters. The number of nitrogens with zero attached hydrogens (tertiary/aromatic N) is 2. The van der Waals surface area contributed by atoms with Gasteiger partial charge in [-0.15, -0.1) is 0 Å². The summed E-state index contributed by atoms with van der Waals surface area (Å²) in [7, 11) is 1.97. The standard InChI is InChI=1S/C18H19N3O/c1-18(2,20-16(22)13-9-5-4-6-10-13)17-19-14-11-7-8-12-15(14)21(17)3/h4-12H,1-3H3,(H,20,22). The van der Waals surface area contributed by atoms with Crippen molar-refractivity contribution in [2.24, 2.45) is 7.05 Å². The monoisotopic (exact) mass is 293 g/mol. The third kappa shape index (κ3) is 2.48. The molecular formula is C18H19N3O. The second-order valence-electron chi connectivity index (χ2n) is 5.93. The number of carbonyl (C=O) groups is 1. The lowest BCUT2D eigenvalue weighted by Gasteiger charge is -2.26. The molecule has 3 rings (SSSR count). The average Bonchev–Trinajstić information content (AvgIpc) is 2.86. The summed E-state index contributed by atoms with van der Waals surface area (Å²) in [5.41, 5.74) is 2.07. The molecule has 0 aliphatic rings. The van der Waals surface area contributed by atoms with E-state index in [-0.39, 0.29) is 5.91 Å². The van der Waals surface area contributed by atoms with Crippen molar-refractivity contribution in [3.63, 3.8) is 0 Å². The van der Waals surface area contributed by atoms with Gasteiger partial charge in [-0.3, -0.25) is 4.79 Å². The van der Waals surface area contributed by atoms with Gasteiger partial charge in [0.25, 0.3) is 5.91 Å². The molecule has 0 saturated heterocycles. The zero-order chi connectivity index (χ0) is 15.7. The van der Waals surface area contributed by atoms with Crippen LogP contribution in [0.3, 0.4) is 0 Å². The van der Waals surface area contributed by atoms with Crippen LogP contribution in [0.5, 0.6) is 0 Å². The van der Waals surface area contributed by atoms with Crippen molar-refractivity contribution in [2.45, 2.75) is 19.4 Å². The van der Waals surface area contributed by atoms with Gasteiger partial charge in [0.2, 0.25) is 0 Å². The second kappa shape index (κ2) is 5.30. The number of para-hydroxylation sites is 2. The smallest absolute Gasteiger partial charge is 0.252 e. The minimum Gasteiger partial charge on any atom is -0.340 e. The number of fused-ring (bicyclic) bond motifs is 1. The highest BCUT2D eigenvalue weighted by Crippen LogP contribution is 2.24. The minimum atomic E-state index is -0.569. The van der Waals surface area contributed by atoms with Crippen LogP contribution >= 0.6 is 0 Å². The third-order valence-electron chi connectivity index (χ3n) is 3.81. The first-order chi connectivity index (χ1) is 10.5. The summed E-state index contributed by atoms with van der Waals surface area (Å²) in [4.78, 5) is 17.1. The van der Waals surface area contributed by atoms with Crippen LogP contribution in [0.2, 0.25) is 0 Å². The first-order valence-electron chi connectivity index (χ1n) is 7.28. The molecular weight excluding hydrogens is 274 g/mol. The van der Waals surface area contributed by atoms with Gasteiger partial charge in [0, 0.05) is 12.6 Å². The van der Waals surface area contributed by atoms with E-state index in [1.165, 1.54) is 0 Å². The summed E-state index contributed by atoms with van der Waals surface area (Å²) in [6.07, 6.45) is 0. The summed E-state index contributed by atoms with van der Waals surface area (Å²) in [5, 5.41) is 3.07. The lowest BCUT2D eigenvalue weighted by Crippen LogP contribution is -2.42. The number of carbonyl (C=O) groups excluding carboxylic acids is 1. The van der Waals surface area contributed by atoms with E-state index in [2.05, 4.69) is 10.3 Å². The Hall–Kier alpha value is -2.62. The molecule has 0 unspecified atom stereocenters. The maximum absolute atomic E-state index is 12.4. The van der Waals surface area contributed by atoms with Crippen LogP contribution in [0.25, 0.3) is 11.0 Å². The van der Waals surface area contributed by atoms with Gasteiger partial charge in [-0.25, -0.2) is 4.98 Å². The van der Waals surface area contributed by atoms with Crippen molar-refractivity contribution in [2.75, 3.05) is 0 Å². The van der Waals surface area contributed by atoms with Crippen LogP contribution in [-0.2, 0) is 12.6 Å². The van der Waals surface area contributed by atoms with Crippen LogP contribution in [0, 0.1) is 0 Å². The highest BCUT2D eigenvalue weighted by atomic mass is 16.1. The van der Waals surface area contributed by atoms with Crippen molar-refractivity contribution in [3.8, 4) is 0 Å². The van der Waals surface area contributed by atoms with E-state index >= 15 is 0 Å². The zero-order valence-corrected chi connectivity index (χ0v) is 13.0. The normalized spacial score (nSPS) is 11.6. The highest BCUT2D eigenvalue weighted by molar-refractivity contribution is 5.94. The van der Waals surface area contributed by atoms with Crippen molar-refractivity contribution >= 4 is 16.9 Å². The number of imidazole rings is 1. The number of hydrogen-bond acceptors (Lipinski definition) is 2. The second-order valence-corrected chi connectivity index (χ2v) is 5.93. The molecule has 1 N–H and O–H groups in total. The fraction of sp³-hybridized carbons (Fsp3) is 0.222. The number of benzene rings is 2. The van der Waals surface area contributed by atoms with Gasteiger partial charge in [0.05, 0.1) is 16.6 Å². The lowest BCUT2D eigenvalue weighted by atomic mass is 10.0. The number of aromatic nitrogens is 2. The number of hydrogen-bond donors (Lipinski definition) is 1. The van der Waals surface area contributed by atoms with Gasteiger partial charge in [-0.05, 0) is 38.1 Å². The van der Waals surface area contributed by atoms with E-state index in [4.69, 9.17) is 0 Å². The molecule has 1 heterocycles. The Morgan fingerprint density at radius 2 is 1.68 bits per heavy atom. The largest absolute Gasteiger partial charge is 0.340 e. The number of aryl methyl sites for hydroxylation is 1. The quantitative estimate of drug-likeness (QED) is 0.806. The van der Waals surface area contributed by atoms with Gasteiger partial charge >= 0.3 is 0 Å². The number of nitrogens with one attached hydrogen (secondary N) is 1. The predicted molar refractivity (Wildman–Crippen MR) is 87.6 cm³/mol. The van der Waals surface area contributed by atoms with Crippen LogP contribution < -0.4 is 5.32 Å². The van der Waals surface area contributed by atoms with Gasteiger partial charge in [-0.1, -0.05) is 30.3 Å². The first kappa shape index (κ1) is 14.3. The summed E-state index contributed by atoms with van der Waals surface area (Å²) in [6.45, 7) is 3.93. The van der Waals surface area contributed by atoms with E-state index in [0.717, 1.165) is 16.9 Å². The molecule has 0 saturated carbocycles. The van der Waals surface area contributed by atoms with Gasteiger partial charge in [-0.2, -0.15) is 0 Å². The minimum absolute atomic E-state index is 0.0994. The lowest BCUT2D eigenvalue weighted by molar-refractivity contribution is 0.0907. The maximum Gasteiger partial charge on any atom is 0.252 e. The first-order valence-corrected chi connectivity index (χ1v) is 7.28. The van der Waals surface area contributed by atoms with E-state index in [1.807, 2.05) is 67.9 Å². The SMILES string of the molecule is Cn1c(C(C)(C)NC(=O)c2ccccc2)nc2ccccc21. The molecule has 0 spiro atoms. The van der Waals surface area contributed by atoms with Crippen LogP contribution in [0.1, 0.15) is 30.0 Å². The molecule has 0 radical (unpaired) electrons. The molecule has 4 heteroatoms. The average molecular weight is 293 g/mol. The molecule has 1 aromatic heterocycles. The Bertz CT molecular complexity index is 819. The Balaban J connectivity index is 1.94. The Morgan fingerprint density at radius 1 is 1.05 bits per heavy atom. The molecule has 0 bridgehead atoms. The topological polar surface area (TPSA) is 46.9 Å². The fourth-order valence-electron chi connectivity index (χ4n) is 2.71. The highest BCUT2D eigenvalue weighted by Gasteiger charge is 2.28. The van der Waals surface area contributed by atoms with E-state index in [0.29, 0.717) is 5.56 Å². The summed E-state index contributed by atoms with van der Waals surface area (Å²) >= 11 is 0. The molecule has 22 heavy (non-hydrogen) atoms. The molecule has 0 fully saturated rings. The van der Waals surface area contributed by atoms with Crippen molar-refractivity contribution in [1.82, 2.24) is 14.9 Å². The van der Waals surface area contributed by atoms with Crippen LogP contribution in [-0.4, -0.2) is 15.5 Å². The van der Waals surface area contributed by atoms with Crippen LogP contribution in [0.15, 0.2) is 54.6 Å². The van der Waals surface area contributed by atoms with Gasteiger partial charge < -0.3 is 9.88 Å². The van der Waals surface area contributed by atoms with E-state index in [9.17, 15) is 4.79 Å². The summed E-state index contributed by atoms with van der Waals surface area (Å²) < 4.78 is 2.03. The van der Waals surface area contributed by atoms with Crippen LogP contribution in [0.4, 0.5) is 0 Å². The van der Waals surface area contributed by atoms with Gasteiger partial charge in [0.1, 0.15) is 5.82 Å². The molecule has 1 amide bonds. The Labute approximate surface area is 129 Å². The fourth-order valence-corrected chi connectivity index (χ4v) is 2.71. The van der Waals surface area contributed by atoms with E-state index < -0.39 is 5.54 Å². The number of amides is 1.